The number of benzene rings is 1. The van der Waals surface area contributed by atoms with E-state index in [0.29, 0.717) is 13.2 Å². The van der Waals surface area contributed by atoms with Gasteiger partial charge in [-0.05, 0) is 23.9 Å². The van der Waals surface area contributed by atoms with Gasteiger partial charge in [-0.3, -0.25) is 0 Å². The average molecular weight is 219 g/mol. The van der Waals surface area contributed by atoms with Gasteiger partial charge in [-0.25, -0.2) is 0 Å². The summed E-state index contributed by atoms with van der Waals surface area (Å²) >= 11 is 0. The molecule has 0 aliphatic heterocycles. The molecule has 0 saturated carbocycles. The van der Waals surface area contributed by atoms with E-state index in [1.807, 2.05) is 18.2 Å². The number of hydrogen-bond donors (Lipinski definition) is 0. The van der Waals surface area contributed by atoms with Gasteiger partial charge in [0, 0.05) is 18.1 Å². The van der Waals surface area contributed by atoms with Crippen molar-refractivity contribution in [1.29, 1.82) is 0 Å². The molecule has 4 nitrogen and oxygen atoms in total. The topological polar surface area (TPSA) is 58.0 Å². The van der Waals surface area contributed by atoms with E-state index < -0.39 is 0 Å². The molecule has 0 amide bonds. The molecule has 0 aromatic heterocycles. The van der Waals surface area contributed by atoms with Crippen LogP contribution in [0.25, 0.3) is 10.4 Å². The van der Waals surface area contributed by atoms with Crippen LogP contribution in [0.2, 0.25) is 0 Å². The van der Waals surface area contributed by atoms with Gasteiger partial charge in [-0.2, -0.15) is 0 Å². The minimum Gasteiger partial charge on any atom is -0.377 e. The van der Waals surface area contributed by atoms with Crippen LogP contribution in [0, 0.1) is 0 Å². The van der Waals surface area contributed by atoms with E-state index in [2.05, 4.69) is 22.2 Å². The molecule has 0 N–H and O–H groups in total. The van der Waals surface area contributed by atoms with Crippen molar-refractivity contribution >= 4 is 0 Å². The van der Waals surface area contributed by atoms with Crippen LogP contribution in [0.15, 0.2) is 35.4 Å². The van der Waals surface area contributed by atoms with Crippen molar-refractivity contribution in [2.24, 2.45) is 5.11 Å². The second-order valence-corrected chi connectivity index (χ2v) is 3.55. The van der Waals surface area contributed by atoms with Crippen LogP contribution in [0.5, 0.6) is 0 Å². The Morgan fingerprint density at radius 3 is 2.69 bits per heavy atom. The number of ether oxygens (including phenoxy) is 1. The van der Waals surface area contributed by atoms with Gasteiger partial charge in [-0.15, -0.1) is 0 Å². The summed E-state index contributed by atoms with van der Waals surface area (Å²) in [5.41, 5.74) is 9.27. The normalized spacial score (nSPS) is 9.75. The van der Waals surface area contributed by atoms with Crippen LogP contribution in [-0.4, -0.2) is 13.2 Å². The zero-order valence-corrected chi connectivity index (χ0v) is 9.38. The third-order valence-electron chi connectivity index (χ3n) is 2.22. The first-order valence-corrected chi connectivity index (χ1v) is 5.56. The second kappa shape index (κ2) is 8.77. The lowest BCUT2D eigenvalue weighted by Crippen LogP contribution is -1.95. The second-order valence-electron chi connectivity index (χ2n) is 3.55. The Labute approximate surface area is 95.9 Å². The third kappa shape index (κ3) is 6.06. The van der Waals surface area contributed by atoms with E-state index in [-0.39, 0.29) is 0 Å². The Hall–Kier alpha value is -1.51. The van der Waals surface area contributed by atoms with Crippen LogP contribution in [0.3, 0.4) is 0 Å². The fourth-order valence-electron chi connectivity index (χ4n) is 1.37. The molecule has 0 aliphatic carbocycles. The third-order valence-corrected chi connectivity index (χ3v) is 2.22. The quantitative estimate of drug-likeness (QED) is 0.285. The average Bonchev–Trinajstić information content (AvgIpc) is 2.34. The van der Waals surface area contributed by atoms with Gasteiger partial charge < -0.3 is 4.74 Å². The minimum absolute atomic E-state index is 0.592. The summed E-state index contributed by atoms with van der Waals surface area (Å²) in [6.07, 6.45) is 3.01. The van der Waals surface area contributed by atoms with Crippen LogP contribution in [0.1, 0.15) is 24.8 Å². The van der Waals surface area contributed by atoms with Crippen molar-refractivity contribution in [3.63, 3.8) is 0 Å². The molecule has 0 atom stereocenters. The summed E-state index contributed by atoms with van der Waals surface area (Å²) < 4.78 is 5.52. The number of hydrogen-bond acceptors (Lipinski definition) is 2. The minimum atomic E-state index is 0.592. The van der Waals surface area contributed by atoms with Crippen molar-refractivity contribution in [1.82, 2.24) is 0 Å². The monoisotopic (exact) mass is 219 g/mol. The van der Waals surface area contributed by atoms with E-state index >= 15 is 0 Å². The first kappa shape index (κ1) is 12.6. The molecular formula is C12H17N3O. The highest BCUT2D eigenvalue weighted by Crippen LogP contribution is 2.02. The highest BCUT2D eigenvalue weighted by atomic mass is 16.5. The summed E-state index contributed by atoms with van der Waals surface area (Å²) in [5, 5.41) is 3.48. The van der Waals surface area contributed by atoms with Crippen molar-refractivity contribution in [2.75, 3.05) is 13.2 Å². The van der Waals surface area contributed by atoms with Gasteiger partial charge in [0.2, 0.25) is 0 Å². The lowest BCUT2D eigenvalue weighted by atomic mass is 10.2. The highest BCUT2D eigenvalue weighted by Gasteiger charge is 1.92. The Morgan fingerprint density at radius 1 is 1.12 bits per heavy atom. The Balaban J connectivity index is 1.94. The standard InChI is InChI=1S/C12H17N3O/c13-15-14-9-5-2-6-10-16-11-12-7-3-1-4-8-12/h1,3-4,7-8H,2,5-6,9-11H2. The molecule has 0 aliphatic rings. The Kier molecular flexibility index (Phi) is 6.88. The van der Waals surface area contributed by atoms with Crippen LogP contribution in [-0.2, 0) is 11.3 Å². The SMILES string of the molecule is [N-]=[N+]=NCCCCCOCc1ccccc1. The summed E-state index contributed by atoms with van der Waals surface area (Å²) in [6, 6.07) is 10.1. The lowest BCUT2D eigenvalue weighted by Gasteiger charge is -2.03. The molecule has 0 bridgehead atoms. The Bertz CT molecular complexity index is 320. The molecule has 0 spiro atoms. The smallest absolute Gasteiger partial charge is 0.0716 e. The Morgan fingerprint density at radius 2 is 1.94 bits per heavy atom. The maximum Gasteiger partial charge on any atom is 0.0716 e. The van der Waals surface area contributed by atoms with Crippen molar-refractivity contribution in [3.05, 3.63) is 46.3 Å². The highest BCUT2D eigenvalue weighted by molar-refractivity contribution is 5.13. The van der Waals surface area contributed by atoms with Crippen molar-refractivity contribution < 1.29 is 4.74 Å². The molecule has 86 valence electrons. The van der Waals surface area contributed by atoms with Crippen molar-refractivity contribution in [3.8, 4) is 0 Å². The maximum absolute atomic E-state index is 8.07. The first-order valence-electron chi connectivity index (χ1n) is 5.56. The number of rotatable bonds is 8. The predicted octanol–water partition coefficient (Wildman–Crippen LogP) is 3.68. The molecule has 1 aromatic rings. The number of azide groups is 1. The molecule has 1 rings (SSSR count). The van der Waals surface area contributed by atoms with Gasteiger partial charge in [0.05, 0.1) is 6.61 Å². The molecule has 0 radical (unpaired) electrons. The summed E-state index contributed by atoms with van der Waals surface area (Å²) in [5.74, 6) is 0. The van der Waals surface area contributed by atoms with Gasteiger partial charge in [0.1, 0.15) is 0 Å². The van der Waals surface area contributed by atoms with Gasteiger partial charge in [0.25, 0.3) is 0 Å². The van der Waals surface area contributed by atoms with Gasteiger partial charge in [-0.1, -0.05) is 41.9 Å². The van der Waals surface area contributed by atoms with Gasteiger partial charge >= 0.3 is 0 Å². The molecule has 4 heteroatoms. The fourth-order valence-corrected chi connectivity index (χ4v) is 1.37. The molecule has 0 unspecified atom stereocenters. The van der Waals surface area contributed by atoms with E-state index in [1.165, 1.54) is 5.56 Å². The zero-order valence-electron chi connectivity index (χ0n) is 9.38. The van der Waals surface area contributed by atoms with E-state index in [4.69, 9.17) is 10.3 Å². The molecule has 1 aromatic carbocycles. The van der Waals surface area contributed by atoms with E-state index in [0.717, 1.165) is 25.9 Å². The lowest BCUT2D eigenvalue weighted by molar-refractivity contribution is 0.117. The maximum atomic E-state index is 8.07. The van der Waals surface area contributed by atoms with Gasteiger partial charge in [0.15, 0.2) is 0 Å². The largest absolute Gasteiger partial charge is 0.377 e. The van der Waals surface area contributed by atoms with Crippen LogP contribution >= 0.6 is 0 Å². The van der Waals surface area contributed by atoms with Crippen molar-refractivity contribution in [2.45, 2.75) is 25.9 Å². The zero-order chi connectivity index (χ0) is 11.5. The summed E-state index contributed by atoms with van der Waals surface area (Å²) in [4.78, 5) is 2.70. The predicted molar refractivity (Wildman–Crippen MR) is 64.0 cm³/mol. The summed E-state index contributed by atoms with van der Waals surface area (Å²) in [7, 11) is 0. The van der Waals surface area contributed by atoms with Crippen LogP contribution in [0.4, 0.5) is 0 Å². The molecular weight excluding hydrogens is 202 g/mol. The van der Waals surface area contributed by atoms with Crippen LogP contribution < -0.4 is 0 Å². The molecule has 0 fully saturated rings. The van der Waals surface area contributed by atoms with E-state index in [1.54, 1.807) is 0 Å². The summed E-state index contributed by atoms with van der Waals surface area (Å²) in [6.45, 7) is 2.04. The first-order chi connectivity index (χ1) is 7.93. The molecule has 16 heavy (non-hydrogen) atoms. The number of nitrogens with zero attached hydrogens (tertiary/aromatic N) is 3. The molecule has 0 saturated heterocycles. The fraction of sp³-hybridized carbons (Fsp3) is 0.500. The number of unbranched alkanes of at least 4 members (excludes halogenated alkanes) is 2. The molecule has 0 heterocycles. The van der Waals surface area contributed by atoms with E-state index in [9.17, 15) is 0 Å².